The van der Waals surface area contributed by atoms with E-state index in [1.807, 2.05) is 18.4 Å². The number of piperidine rings is 1. The highest BCUT2D eigenvalue weighted by atomic mass is 32.2. The number of amides is 1. The lowest BCUT2D eigenvalue weighted by Crippen LogP contribution is -2.39. The highest BCUT2D eigenvalue weighted by molar-refractivity contribution is 7.99. The molecule has 0 unspecified atom stereocenters. The van der Waals surface area contributed by atoms with Crippen LogP contribution in [0.4, 0.5) is 10.1 Å². The van der Waals surface area contributed by atoms with Crippen LogP contribution >= 0.6 is 11.9 Å². The van der Waals surface area contributed by atoms with Gasteiger partial charge < -0.3 is 14.5 Å². The number of benzene rings is 2. The third-order valence-electron chi connectivity index (χ3n) is 6.91. The SMILES string of the molecule is CNC(=O)c1c(-c2ccc(F)cc2)oc2cc(NSC)c([C@@H]3CCCN(S(=O)(=O)Cc4ccccn4)C3)cc12. The zero-order chi connectivity index (χ0) is 27.6. The number of halogens is 1. The summed E-state index contributed by atoms with van der Waals surface area (Å²) in [7, 11) is -2.03. The van der Waals surface area contributed by atoms with Gasteiger partial charge in [0, 0.05) is 49.6 Å². The monoisotopic (exact) mass is 568 g/mol. The van der Waals surface area contributed by atoms with Gasteiger partial charge in [-0.25, -0.2) is 17.1 Å². The second kappa shape index (κ2) is 11.4. The van der Waals surface area contributed by atoms with E-state index in [1.165, 1.54) is 24.1 Å². The summed E-state index contributed by atoms with van der Waals surface area (Å²) >= 11 is 1.42. The lowest BCUT2D eigenvalue weighted by molar-refractivity contribution is 0.0964. The number of nitrogens with one attached hydrogen (secondary N) is 2. The molecule has 0 spiro atoms. The molecule has 11 heteroatoms. The van der Waals surface area contributed by atoms with Crippen molar-refractivity contribution < 1.29 is 22.0 Å². The topological polar surface area (TPSA) is 105 Å². The second-order valence-corrected chi connectivity index (χ2v) is 12.0. The highest BCUT2D eigenvalue weighted by Crippen LogP contribution is 2.41. The normalized spacial score (nSPS) is 16.3. The van der Waals surface area contributed by atoms with Crippen molar-refractivity contribution in [2.24, 2.45) is 0 Å². The maximum atomic E-state index is 13.6. The Hall–Kier alpha value is -3.41. The standard InChI is InChI=1S/C28H29FN4O4S2/c1-30-28(34)26-23-14-22(19-6-5-13-33(16-19)39(35,36)17-21-7-3-4-12-31-21)24(32-38-2)15-25(23)37-27(26)18-8-10-20(29)11-9-18/h3-4,7-12,14-15,19,32H,5-6,13,16-17H2,1-2H3,(H,30,34)/t19-/m1/s1. The molecule has 0 radical (unpaired) electrons. The van der Waals surface area contributed by atoms with E-state index in [1.54, 1.807) is 47.9 Å². The van der Waals surface area contributed by atoms with E-state index < -0.39 is 10.0 Å². The summed E-state index contributed by atoms with van der Waals surface area (Å²) in [6, 6.07) is 14.8. The Labute approximate surface area is 231 Å². The molecule has 39 heavy (non-hydrogen) atoms. The highest BCUT2D eigenvalue weighted by Gasteiger charge is 2.32. The van der Waals surface area contributed by atoms with Gasteiger partial charge in [0.05, 0.1) is 16.9 Å². The lowest BCUT2D eigenvalue weighted by atomic mass is 9.89. The molecule has 4 aromatic rings. The fourth-order valence-electron chi connectivity index (χ4n) is 5.06. The number of pyridine rings is 1. The van der Waals surface area contributed by atoms with Crippen LogP contribution in [0.25, 0.3) is 22.3 Å². The van der Waals surface area contributed by atoms with Gasteiger partial charge in [-0.15, -0.1) is 0 Å². The van der Waals surface area contributed by atoms with Crippen molar-refractivity contribution in [3.63, 3.8) is 0 Å². The minimum atomic E-state index is -3.57. The van der Waals surface area contributed by atoms with Crippen LogP contribution in [-0.2, 0) is 15.8 Å². The molecule has 0 bridgehead atoms. The first kappa shape index (κ1) is 27.2. The Kier molecular flexibility index (Phi) is 7.92. The fraction of sp³-hybridized carbons (Fsp3) is 0.286. The number of carbonyl (C=O) groups excluding carboxylic acids is 1. The molecule has 204 valence electrons. The zero-order valence-electron chi connectivity index (χ0n) is 21.6. The van der Waals surface area contributed by atoms with Crippen molar-refractivity contribution in [2.45, 2.75) is 24.5 Å². The Morgan fingerprint density at radius 3 is 2.69 bits per heavy atom. The predicted molar refractivity (Wildman–Crippen MR) is 153 cm³/mol. The molecule has 0 aliphatic carbocycles. The summed E-state index contributed by atoms with van der Waals surface area (Å²) in [4.78, 5) is 17.2. The largest absolute Gasteiger partial charge is 0.455 e. The number of carbonyl (C=O) groups is 1. The molecular formula is C28H29FN4O4S2. The van der Waals surface area contributed by atoms with E-state index in [2.05, 4.69) is 15.0 Å². The van der Waals surface area contributed by atoms with Gasteiger partial charge >= 0.3 is 0 Å². The lowest BCUT2D eigenvalue weighted by Gasteiger charge is -2.33. The van der Waals surface area contributed by atoms with Crippen molar-refractivity contribution in [2.75, 3.05) is 31.1 Å². The summed E-state index contributed by atoms with van der Waals surface area (Å²) in [6.45, 7) is 0.769. The van der Waals surface area contributed by atoms with Crippen molar-refractivity contribution in [1.29, 1.82) is 0 Å². The number of sulfonamides is 1. The fourth-order valence-corrected chi connectivity index (χ4v) is 7.00. The van der Waals surface area contributed by atoms with Crippen LogP contribution in [0.3, 0.4) is 0 Å². The third kappa shape index (κ3) is 5.66. The average molecular weight is 569 g/mol. The molecule has 0 saturated carbocycles. The number of aromatic nitrogens is 1. The maximum Gasteiger partial charge on any atom is 0.255 e. The first-order chi connectivity index (χ1) is 18.8. The number of furan rings is 1. The molecule has 1 fully saturated rings. The summed E-state index contributed by atoms with van der Waals surface area (Å²) in [6.07, 6.45) is 4.99. The van der Waals surface area contributed by atoms with E-state index in [9.17, 15) is 17.6 Å². The van der Waals surface area contributed by atoms with Gasteiger partial charge in [0.25, 0.3) is 5.91 Å². The zero-order valence-corrected chi connectivity index (χ0v) is 23.2. The summed E-state index contributed by atoms with van der Waals surface area (Å²) in [5, 5.41) is 3.30. The quantitative estimate of drug-likeness (QED) is 0.275. The van der Waals surface area contributed by atoms with Crippen LogP contribution in [0.5, 0.6) is 0 Å². The predicted octanol–water partition coefficient (Wildman–Crippen LogP) is 5.39. The third-order valence-corrected chi connectivity index (χ3v) is 9.11. The molecule has 1 amide bonds. The second-order valence-electron chi connectivity index (χ2n) is 9.41. The molecule has 3 heterocycles. The molecule has 8 nitrogen and oxygen atoms in total. The minimum absolute atomic E-state index is 0.0991. The van der Waals surface area contributed by atoms with Crippen LogP contribution < -0.4 is 10.0 Å². The van der Waals surface area contributed by atoms with E-state index in [0.717, 1.165) is 17.7 Å². The molecule has 1 aliphatic rings. The van der Waals surface area contributed by atoms with Gasteiger partial charge in [-0.05, 0) is 66.8 Å². The Balaban J connectivity index is 1.56. The number of hydrogen-bond donors (Lipinski definition) is 2. The van der Waals surface area contributed by atoms with E-state index >= 15 is 0 Å². The summed E-state index contributed by atoms with van der Waals surface area (Å²) < 4.78 is 51.2. The number of nitrogens with zero attached hydrogens (tertiary/aromatic N) is 2. The first-order valence-electron chi connectivity index (χ1n) is 12.6. The number of hydrogen-bond acceptors (Lipinski definition) is 7. The Bertz CT molecular complexity index is 1590. The molecule has 2 N–H and O–H groups in total. The Morgan fingerprint density at radius 1 is 1.21 bits per heavy atom. The Morgan fingerprint density at radius 2 is 2.00 bits per heavy atom. The van der Waals surface area contributed by atoms with Crippen LogP contribution in [0.2, 0.25) is 0 Å². The summed E-state index contributed by atoms with van der Waals surface area (Å²) in [5.41, 5.74) is 3.65. The molecular weight excluding hydrogens is 539 g/mol. The molecule has 1 saturated heterocycles. The molecule has 2 aromatic heterocycles. The molecule has 1 aliphatic heterocycles. The van der Waals surface area contributed by atoms with Gasteiger partial charge in [-0.2, -0.15) is 0 Å². The maximum absolute atomic E-state index is 13.6. The van der Waals surface area contributed by atoms with Gasteiger partial charge in [0.15, 0.2) is 0 Å². The molecule has 2 aromatic carbocycles. The average Bonchev–Trinajstić information content (AvgIpc) is 3.31. The van der Waals surface area contributed by atoms with E-state index in [0.29, 0.717) is 53.1 Å². The number of anilines is 1. The van der Waals surface area contributed by atoms with E-state index in [-0.39, 0.29) is 23.4 Å². The number of rotatable bonds is 8. The smallest absolute Gasteiger partial charge is 0.255 e. The van der Waals surface area contributed by atoms with Crippen LogP contribution in [0, 0.1) is 5.82 Å². The van der Waals surface area contributed by atoms with Crippen LogP contribution in [0.1, 0.15) is 40.4 Å². The van der Waals surface area contributed by atoms with Gasteiger partial charge in [-0.3, -0.25) is 9.78 Å². The number of fused-ring (bicyclic) bond motifs is 1. The molecule has 1 atom stereocenters. The van der Waals surface area contributed by atoms with Crippen LogP contribution in [0.15, 0.2) is 65.2 Å². The minimum Gasteiger partial charge on any atom is -0.455 e. The van der Waals surface area contributed by atoms with Gasteiger partial charge in [-0.1, -0.05) is 18.0 Å². The van der Waals surface area contributed by atoms with Crippen molar-refractivity contribution >= 4 is 44.5 Å². The first-order valence-corrected chi connectivity index (χ1v) is 15.4. The summed E-state index contributed by atoms with van der Waals surface area (Å²) in [5.74, 6) is -0.616. The van der Waals surface area contributed by atoms with Crippen LogP contribution in [-0.4, -0.2) is 50.0 Å². The van der Waals surface area contributed by atoms with Crippen molar-refractivity contribution in [1.82, 2.24) is 14.6 Å². The van der Waals surface area contributed by atoms with Gasteiger partial charge in [0.1, 0.15) is 22.9 Å². The molecule has 5 rings (SSSR count). The van der Waals surface area contributed by atoms with E-state index in [4.69, 9.17) is 4.42 Å². The van der Waals surface area contributed by atoms with Crippen molar-refractivity contribution in [3.05, 3.63) is 83.4 Å². The van der Waals surface area contributed by atoms with Crippen molar-refractivity contribution in [3.8, 4) is 11.3 Å². The van der Waals surface area contributed by atoms with Gasteiger partial charge in [0.2, 0.25) is 10.0 Å².